The number of carbonyl (C=O) groups is 3. The van der Waals surface area contributed by atoms with Crippen LogP contribution in [0.15, 0.2) is 24.3 Å². The lowest BCUT2D eigenvalue weighted by Gasteiger charge is -2.09. The van der Waals surface area contributed by atoms with E-state index in [4.69, 9.17) is 0 Å². The number of anilines is 2. The average molecular weight is 277 g/mol. The summed E-state index contributed by atoms with van der Waals surface area (Å²) in [5.41, 5.74) is 1.26. The highest BCUT2D eigenvalue weighted by Crippen LogP contribution is 2.13. The Morgan fingerprint density at radius 2 is 1.50 bits per heavy atom. The maximum Gasteiger partial charge on any atom is 0.243 e. The first-order valence-corrected chi connectivity index (χ1v) is 6.33. The van der Waals surface area contributed by atoms with E-state index in [-0.39, 0.29) is 30.2 Å². The van der Waals surface area contributed by atoms with Gasteiger partial charge in [-0.2, -0.15) is 0 Å². The van der Waals surface area contributed by atoms with Crippen LogP contribution in [0.2, 0.25) is 0 Å². The largest absolute Gasteiger partial charge is 0.347 e. The van der Waals surface area contributed by atoms with Gasteiger partial charge in [-0.3, -0.25) is 14.4 Å². The Morgan fingerprint density at radius 1 is 1.00 bits per heavy atom. The third-order valence-corrected chi connectivity index (χ3v) is 2.44. The van der Waals surface area contributed by atoms with E-state index in [1.807, 2.05) is 0 Å². The zero-order valence-electron chi connectivity index (χ0n) is 11.8. The summed E-state index contributed by atoms with van der Waals surface area (Å²) in [6, 6.07) is 6.72. The molecule has 0 aliphatic heterocycles. The Kier molecular flexibility index (Phi) is 5.71. The molecular formula is C14H19N3O3. The summed E-state index contributed by atoms with van der Waals surface area (Å²) < 4.78 is 0. The molecule has 0 fully saturated rings. The van der Waals surface area contributed by atoms with E-state index in [0.717, 1.165) is 0 Å². The van der Waals surface area contributed by atoms with Crippen molar-refractivity contribution in [3.63, 3.8) is 0 Å². The standard InChI is InChI=1S/C14H19N3O3/c1-9(2)14(20)15-8-13(19)17-12-6-4-11(5-7-12)16-10(3)18/h4-7,9H,8H2,1-3H3,(H,15,20)(H,16,18)(H,17,19). The minimum Gasteiger partial charge on any atom is -0.347 e. The van der Waals surface area contributed by atoms with Crippen LogP contribution in [-0.2, 0) is 14.4 Å². The van der Waals surface area contributed by atoms with Gasteiger partial charge in [0, 0.05) is 24.2 Å². The highest BCUT2D eigenvalue weighted by Gasteiger charge is 2.09. The molecule has 0 heterocycles. The minimum absolute atomic E-state index is 0.0650. The lowest BCUT2D eigenvalue weighted by molar-refractivity contribution is -0.126. The van der Waals surface area contributed by atoms with E-state index in [0.29, 0.717) is 11.4 Å². The van der Waals surface area contributed by atoms with Crippen molar-refractivity contribution < 1.29 is 14.4 Å². The van der Waals surface area contributed by atoms with Gasteiger partial charge in [-0.25, -0.2) is 0 Å². The van der Waals surface area contributed by atoms with E-state index in [1.165, 1.54) is 6.92 Å². The number of hydrogen-bond acceptors (Lipinski definition) is 3. The molecule has 1 aromatic rings. The van der Waals surface area contributed by atoms with E-state index in [2.05, 4.69) is 16.0 Å². The summed E-state index contributed by atoms with van der Waals surface area (Å²) in [5, 5.41) is 7.81. The Labute approximate surface area is 117 Å². The molecule has 0 aliphatic carbocycles. The third kappa shape index (κ3) is 5.51. The molecule has 0 atom stereocenters. The van der Waals surface area contributed by atoms with Crippen LogP contribution in [0.4, 0.5) is 11.4 Å². The van der Waals surface area contributed by atoms with Crippen molar-refractivity contribution >= 4 is 29.1 Å². The molecule has 0 aliphatic rings. The van der Waals surface area contributed by atoms with Gasteiger partial charge in [-0.1, -0.05) is 13.8 Å². The number of benzene rings is 1. The van der Waals surface area contributed by atoms with Crippen molar-refractivity contribution in [1.82, 2.24) is 5.32 Å². The van der Waals surface area contributed by atoms with Crippen LogP contribution >= 0.6 is 0 Å². The summed E-state index contributed by atoms with van der Waals surface area (Å²) in [6.07, 6.45) is 0. The van der Waals surface area contributed by atoms with Gasteiger partial charge in [-0.15, -0.1) is 0 Å². The quantitative estimate of drug-likeness (QED) is 0.759. The van der Waals surface area contributed by atoms with Gasteiger partial charge >= 0.3 is 0 Å². The molecule has 20 heavy (non-hydrogen) atoms. The van der Waals surface area contributed by atoms with Gasteiger partial charge in [0.2, 0.25) is 17.7 Å². The monoisotopic (exact) mass is 277 g/mol. The number of hydrogen-bond donors (Lipinski definition) is 3. The minimum atomic E-state index is -0.300. The smallest absolute Gasteiger partial charge is 0.243 e. The fourth-order valence-corrected chi connectivity index (χ4v) is 1.42. The van der Waals surface area contributed by atoms with E-state index >= 15 is 0 Å². The lowest BCUT2D eigenvalue weighted by atomic mass is 10.2. The molecular weight excluding hydrogens is 258 g/mol. The summed E-state index contributed by atoms with van der Waals surface area (Å²) >= 11 is 0. The second kappa shape index (κ2) is 7.28. The number of rotatable bonds is 5. The highest BCUT2D eigenvalue weighted by molar-refractivity contribution is 5.95. The molecule has 0 saturated carbocycles. The van der Waals surface area contributed by atoms with Crippen LogP contribution in [0.5, 0.6) is 0 Å². The maximum atomic E-state index is 11.6. The zero-order valence-corrected chi connectivity index (χ0v) is 11.8. The summed E-state index contributed by atoms with van der Waals surface area (Å²) in [5.74, 6) is -0.773. The Hall–Kier alpha value is -2.37. The van der Waals surface area contributed by atoms with Gasteiger partial charge < -0.3 is 16.0 Å². The molecule has 0 radical (unpaired) electrons. The molecule has 6 nitrogen and oxygen atoms in total. The normalized spacial score (nSPS) is 10.0. The van der Waals surface area contributed by atoms with Crippen LogP contribution in [0, 0.1) is 5.92 Å². The number of amides is 3. The Morgan fingerprint density at radius 3 is 1.95 bits per heavy atom. The van der Waals surface area contributed by atoms with E-state index in [9.17, 15) is 14.4 Å². The molecule has 0 spiro atoms. The Balaban J connectivity index is 2.46. The van der Waals surface area contributed by atoms with Crippen molar-refractivity contribution in [2.24, 2.45) is 5.92 Å². The third-order valence-electron chi connectivity index (χ3n) is 2.44. The molecule has 1 aromatic carbocycles. The fraction of sp³-hybridized carbons (Fsp3) is 0.357. The average Bonchev–Trinajstić information content (AvgIpc) is 2.37. The van der Waals surface area contributed by atoms with Crippen LogP contribution in [0.3, 0.4) is 0 Å². The van der Waals surface area contributed by atoms with Gasteiger partial charge in [0.05, 0.1) is 6.54 Å². The molecule has 0 bridgehead atoms. The number of carbonyl (C=O) groups excluding carboxylic acids is 3. The molecule has 3 amide bonds. The molecule has 0 aromatic heterocycles. The summed E-state index contributed by atoms with van der Waals surface area (Å²) in [6.45, 7) is 4.87. The van der Waals surface area contributed by atoms with Crippen LogP contribution in [0.1, 0.15) is 20.8 Å². The van der Waals surface area contributed by atoms with Gasteiger partial charge in [0.1, 0.15) is 0 Å². The Bertz CT molecular complexity index is 495. The second-order valence-corrected chi connectivity index (χ2v) is 4.68. The predicted octanol–water partition coefficient (Wildman–Crippen LogP) is 1.36. The molecule has 0 saturated heterocycles. The zero-order chi connectivity index (χ0) is 15.1. The first kappa shape index (κ1) is 15.7. The van der Waals surface area contributed by atoms with Crippen molar-refractivity contribution in [2.75, 3.05) is 17.2 Å². The molecule has 108 valence electrons. The van der Waals surface area contributed by atoms with Gasteiger partial charge in [-0.05, 0) is 24.3 Å². The highest BCUT2D eigenvalue weighted by atomic mass is 16.2. The van der Waals surface area contributed by atoms with Gasteiger partial charge in [0.25, 0.3) is 0 Å². The van der Waals surface area contributed by atoms with E-state index < -0.39 is 0 Å². The van der Waals surface area contributed by atoms with Crippen molar-refractivity contribution in [2.45, 2.75) is 20.8 Å². The van der Waals surface area contributed by atoms with Crippen molar-refractivity contribution in [1.29, 1.82) is 0 Å². The van der Waals surface area contributed by atoms with Crippen LogP contribution in [0.25, 0.3) is 0 Å². The van der Waals surface area contributed by atoms with Crippen molar-refractivity contribution in [3.05, 3.63) is 24.3 Å². The molecule has 6 heteroatoms. The number of nitrogens with one attached hydrogen (secondary N) is 3. The second-order valence-electron chi connectivity index (χ2n) is 4.68. The molecule has 3 N–H and O–H groups in total. The summed E-state index contributed by atoms with van der Waals surface area (Å²) in [7, 11) is 0. The first-order valence-electron chi connectivity index (χ1n) is 6.33. The maximum absolute atomic E-state index is 11.6. The molecule has 0 unspecified atom stereocenters. The lowest BCUT2D eigenvalue weighted by Crippen LogP contribution is -2.35. The van der Waals surface area contributed by atoms with Crippen LogP contribution < -0.4 is 16.0 Å². The first-order chi connectivity index (χ1) is 9.38. The summed E-state index contributed by atoms with van der Waals surface area (Å²) in [4.78, 5) is 33.8. The van der Waals surface area contributed by atoms with Gasteiger partial charge in [0.15, 0.2) is 0 Å². The van der Waals surface area contributed by atoms with Crippen molar-refractivity contribution in [3.8, 4) is 0 Å². The fourth-order valence-electron chi connectivity index (χ4n) is 1.42. The molecule has 1 rings (SSSR count). The van der Waals surface area contributed by atoms with E-state index in [1.54, 1.807) is 38.1 Å². The predicted molar refractivity (Wildman–Crippen MR) is 77.2 cm³/mol. The SMILES string of the molecule is CC(=O)Nc1ccc(NC(=O)CNC(=O)C(C)C)cc1. The topological polar surface area (TPSA) is 87.3 Å². The van der Waals surface area contributed by atoms with Crippen LogP contribution in [-0.4, -0.2) is 24.3 Å².